The van der Waals surface area contributed by atoms with Crippen molar-refractivity contribution in [2.75, 3.05) is 31.1 Å². The standard InChI is InChI=1S/C23H29FN4O3S/c1-17-5-8-23(19-4-3-9-25-15-19)32(30,31)28(17)16-20-6-7-21(14-22(20)24)27-12-10-26(11-13-27)18(2)29/h3-4,6-7,9,14-15,17,23H,5,8,10-13,16H2,1-2H3. The number of rotatable bonds is 4. The average Bonchev–Trinajstić information content (AvgIpc) is 2.78. The first-order valence-corrected chi connectivity index (χ1v) is 12.5. The van der Waals surface area contributed by atoms with Crippen molar-refractivity contribution in [3.63, 3.8) is 0 Å². The molecular weight excluding hydrogens is 431 g/mol. The SMILES string of the molecule is CC(=O)N1CCN(c2ccc(CN3C(C)CCC(c4cccnc4)S3(=O)=O)c(F)c2)CC1. The van der Waals surface area contributed by atoms with E-state index in [0.717, 1.165) is 5.69 Å². The number of sulfonamides is 1. The van der Waals surface area contributed by atoms with E-state index in [-0.39, 0.29) is 18.5 Å². The van der Waals surface area contributed by atoms with Crippen LogP contribution in [0, 0.1) is 5.82 Å². The molecule has 2 fully saturated rings. The quantitative estimate of drug-likeness (QED) is 0.702. The van der Waals surface area contributed by atoms with Crippen molar-refractivity contribution in [3.8, 4) is 0 Å². The molecule has 7 nitrogen and oxygen atoms in total. The maximum Gasteiger partial charge on any atom is 0.221 e. The van der Waals surface area contributed by atoms with Gasteiger partial charge in [-0.15, -0.1) is 0 Å². The molecular formula is C23H29FN4O3S. The van der Waals surface area contributed by atoms with Gasteiger partial charge >= 0.3 is 0 Å². The van der Waals surface area contributed by atoms with Crippen molar-refractivity contribution < 1.29 is 17.6 Å². The molecule has 1 aromatic carbocycles. The number of halogens is 1. The van der Waals surface area contributed by atoms with Crippen LogP contribution in [0.3, 0.4) is 0 Å². The fourth-order valence-electron chi connectivity index (χ4n) is 4.56. The van der Waals surface area contributed by atoms with Crippen LogP contribution in [0.15, 0.2) is 42.7 Å². The van der Waals surface area contributed by atoms with Crippen molar-refractivity contribution in [1.82, 2.24) is 14.2 Å². The number of aromatic nitrogens is 1. The molecule has 2 unspecified atom stereocenters. The van der Waals surface area contributed by atoms with E-state index >= 15 is 4.39 Å². The summed E-state index contributed by atoms with van der Waals surface area (Å²) in [5.74, 6) is -0.366. The van der Waals surface area contributed by atoms with E-state index in [0.29, 0.717) is 50.1 Å². The zero-order valence-electron chi connectivity index (χ0n) is 18.4. The third-order valence-electron chi connectivity index (χ3n) is 6.53. The second-order valence-corrected chi connectivity index (χ2v) is 10.6. The van der Waals surface area contributed by atoms with Crippen LogP contribution in [-0.2, 0) is 21.4 Å². The summed E-state index contributed by atoms with van der Waals surface area (Å²) in [7, 11) is -3.65. The number of carbonyl (C=O) groups excluding carboxylic acids is 1. The third kappa shape index (κ3) is 4.49. The van der Waals surface area contributed by atoms with Gasteiger partial charge < -0.3 is 9.80 Å². The summed E-state index contributed by atoms with van der Waals surface area (Å²) in [6.45, 7) is 5.93. The third-order valence-corrected chi connectivity index (χ3v) is 8.90. The Labute approximate surface area is 188 Å². The van der Waals surface area contributed by atoms with E-state index in [1.54, 1.807) is 42.4 Å². The minimum Gasteiger partial charge on any atom is -0.368 e. The van der Waals surface area contributed by atoms with Crippen molar-refractivity contribution >= 4 is 21.6 Å². The zero-order chi connectivity index (χ0) is 22.9. The van der Waals surface area contributed by atoms with Crippen LogP contribution in [0.2, 0.25) is 0 Å². The van der Waals surface area contributed by atoms with E-state index in [4.69, 9.17) is 0 Å². The van der Waals surface area contributed by atoms with Crippen molar-refractivity contribution in [1.29, 1.82) is 0 Å². The first-order chi connectivity index (χ1) is 15.3. The van der Waals surface area contributed by atoms with Gasteiger partial charge in [0.15, 0.2) is 0 Å². The van der Waals surface area contributed by atoms with Gasteiger partial charge in [-0.3, -0.25) is 9.78 Å². The first-order valence-electron chi connectivity index (χ1n) is 11.0. The van der Waals surface area contributed by atoms with Gasteiger partial charge in [0, 0.05) is 69.3 Å². The normalized spacial score (nSPS) is 23.8. The summed E-state index contributed by atoms with van der Waals surface area (Å²) in [6, 6.07) is 8.30. The molecule has 2 aliphatic rings. The van der Waals surface area contributed by atoms with Crippen molar-refractivity contribution in [3.05, 3.63) is 59.7 Å². The molecule has 2 aromatic rings. The van der Waals surface area contributed by atoms with Gasteiger partial charge in [-0.05, 0) is 43.5 Å². The number of hydrogen-bond donors (Lipinski definition) is 0. The second kappa shape index (κ2) is 9.15. The maximum absolute atomic E-state index is 15.0. The first kappa shape index (κ1) is 22.7. The number of carbonyl (C=O) groups is 1. The van der Waals surface area contributed by atoms with E-state index in [9.17, 15) is 13.2 Å². The minimum absolute atomic E-state index is 0.00445. The number of anilines is 1. The summed E-state index contributed by atoms with van der Waals surface area (Å²) in [5.41, 5.74) is 1.78. The summed E-state index contributed by atoms with van der Waals surface area (Å²) in [6.07, 6.45) is 4.45. The zero-order valence-corrected chi connectivity index (χ0v) is 19.3. The Kier molecular flexibility index (Phi) is 6.48. The molecule has 1 aromatic heterocycles. The van der Waals surface area contributed by atoms with E-state index in [2.05, 4.69) is 4.98 Å². The van der Waals surface area contributed by atoms with Gasteiger partial charge in [0.25, 0.3) is 0 Å². The summed E-state index contributed by atoms with van der Waals surface area (Å²) >= 11 is 0. The number of piperazine rings is 1. The van der Waals surface area contributed by atoms with Crippen LogP contribution >= 0.6 is 0 Å². The van der Waals surface area contributed by atoms with Crippen LogP contribution < -0.4 is 4.90 Å². The highest BCUT2D eigenvalue weighted by Crippen LogP contribution is 2.38. The van der Waals surface area contributed by atoms with Gasteiger partial charge in [-0.2, -0.15) is 4.31 Å². The highest BCUT2D eigenvalue weighted by molar-refractivity contribution is 7.89. The lowest BCUT2D eigenvalue weighted by Crippen LogP contribution is -2.48. The Morgan fingerprint density at radius 2 is 1.91 bits per heavy atom. The van der Waals surface area contributed by atoms with Gasteiger partial charge in [0.2, 0.25) is 15.9 Å². The molecule has 0 aliphatic carbocycles. The number of pyridine rings is 1. The second-order valence-electron chi connectivity index (χ2n) is 8.56. The monoisotopic (exact) mass is 460 g/mol. The van der Waals surface area contributed by atoms with Crippen LogP contribution in [0.25, 0.3) is 0 Å². The molecule has 2 aliphatic heterocycles. The smallest absolute Gasteiger partial charge is 0.221 e. The lowest BCUT2D eigenvalue weighted by Gasteiger charge is -2.38. The number of amides is 1. The predicted molar refractivity (Wildman–Crippen MR) is 121 cm³/mol. The van der Waals surface area contributed by atoms with E-state index in [1.165, 1.54) is 10.4 Å². The Bertz CT molecular complexity index is 1070. The Balaban J connectivity index is 1.51. The number of hydrogen-bond acceptors (Lipinski definition) is 5. The maximum atomic E-state index is 15.0. The van der Waals surface area contributed by atoms with E-state index in [1.807, 2.05) is 17.9 Å². The fraction of sp³-hybridized carbons (Fsp3) is 0.478. The van der Waals surface area contributed by atoms with Gasteiger partial charge in [0.05, 0.1) is 0 Å². The Hall–Kier alpha value is -2.52. The summed E-state index contributed by atoms with van der Waals surface area (Å²) < 4.78 is 43.2. The molecule has 32 heavy (non-hydrogen) atoms. The predicted octanol–water partition coefficient (Wildman–Crippen LogP) is 2.94. The molecule has 0 radical (unpaired) electrons. The summed E-state index contributed by atoms with van der Waals surface area (Å²) in [5, 5.41) is -0.660. The van der Waals surface area contributed by atoms with Crippen molar-refractivity contribution in [2.45, 2.75) is 44.5 Å². The molecule has 0 spiro atoms. The number of nitrogens with zero attached hydrogens (tertiary/aromatic N) is 4. The van der Waals surface area contributed by atoms with Gasteiger partial charge in [-0.25, -0.2) is 12.8 Å². The lowest BCUT2D eigenvalue weighted by atomic mass is 10.1. The molecule has 0 bridgehead atoms. The van der Waals surface area contributed by atoms with Crippen LogP contribution in [0.5, 0.6) is 0 Å². The molecule has 3 heterocycles. The molecule has 1 amide bonds. The van der Waals surface area contributed by atoms with Gasteiger partial charge in [-0.1, -0.05) is 12.1 Å². The number of benzene rings is 1. The molecule has 4 rings (SSSR count). The van der Waals surface area contributed by atoms with Crippen molar-refractivity contribution in [2.24, 2.45) is 0 Å². The molecule has 0 N–H and O–H groups in total. The Morgan fingerprint density at radius 3 is 2.53 bits per heavy atom. The molecule has 2 atom stereocenters. The molecule has 0 saturated carbocycles. The van der Waals surface area contributed by atoms with Crippen LogP contribution in [-0.4, -0.2) is 60.7 Å². The van der Waals surface area contributed by atoms with Crippen LogP contribution in [0.1, 0.15) is 43.1 Å². The molecule has 2 saturated heterocycles. The lowest BCUT2D eigenvalue weighted by molar-refractivity contribution is -0.129. The largest absolute Gasteiger partial charge is 0.368 e. The Morgan fingerprint density at radius 1 is 1.16 bits per heavy atom. The molecule has 9 heteroatoms. The van der Waals surface area contributed by atoms with E-state index < -0.39 is 21.1 Å². The average molecular weight is 461 g/mol. The van der Waals surface area contributed by atoms with Crippen LogP contribution in [0.4, 0.5) is 10.1 Å². The van der Waals surface area contributed by atoms with Gasteiger partial charge in [0.1, 0.15) is 11.1 Å². The highest BCUT2D eigenvalue weighted by Gasteiger charge is 2.40. The fourth-order valence-corrected chi connectivity index (χ4v) is 6.73. The molecule has 172 valence electrons. The minimum atomic E-state index is -3.65. The topological polar surface area (TPSA) is 73.8 Å². The summed E-state index contributed by atoms with van der Waals surface area (Å²) in [4.78, 5) is 19.4. The highest BCUT2D eigenvalue weighted by atomic mass is 32.2.